The van der Waals surface area contributed by atoms with Crippen molar-refractivity contribution >= 4 is 17.0 Å². The van der Waals surface area contributed by atoms with Crippen LogP contribution in [-0.4, -0.2) is 32.7 Å². The van der Waals surface area contributed by atoms with Gasteiger partial charge in [-0.1, -0.05) is 26.0 Å². The molecule has 0 saturated heterocycles. The number of aryl methyl sites for hydroxylation is 2. The second-order valence-corrected chi connectivity index (χ2v) is 5.30. The molecule has 1 unspecified atom stereocenters. The van der Waals surface area contributed by atoms with E-state index >= 15 is 0 Å². The van der Waals surface area contributed by atoms with Crippen LogP contribution in [0.2, 0.25) is 0 Å². The topological polar surface area (TPSA) is 67.2 Å². The number of aromatic nitrogens is 2. The predicted molar refractivity (Wildman–Crippen MR) is 78.8 cm³/mol. The van der Waals surface area contributed by atoms with Crippen LogP contribution in [0.1, 0.15) is 26.1 Å². The van der Waals surface area contributed by atoms with Crippen LogP contribution in [-0.2, 0) is 11.3 Å². The molecule has 5 heteroatoms. The normalized spacial score (nSPS) is 13.0. The van der Waals surface area contributed by atoms with E-state index in [1.54, 1.807) is 0 Å². The molecule has 0 amide bonds. The average Bonchev–Trinajstić information content (AvgIpc) is 2.69. The highest BCUT2D eigenvalue weighted by Gasteiger charge is 2.18. The third-order valence-electron chi connectivity index (χ3n) is 3.32. The number of imidazole rings is 1. The lowest BCUT2D eigenvalue weighted by atomic mass is 10.2. The Hall–Kier alpha value is -1.88. The van der Waals surface area contributed by atoms with Crippen LogP contribution in [0.5, 0.6) is 0 Å². The summed E-state index contributed by atoms with van der Waals surface area (Å²) in [5, 5.41) is 12.3. The van der Waals surface area contributed by atoms with Crippen molar-refractivity contribution < 1.29 is 9.90 Å². The highest BCUT2D eigenvalue weighted by Crippen LogP contribution is 2.16. The van der Waals surface area contributed by atoms with Crippen LogP contribution in [0.3, 0.4) is 0 Å². The van der Waals surface area contributed by atoms with Gasteiger partial charge in [0.25, 0.3) is 0 Å². The number of benzene rings is 1. The van der Waals surface area contributed by atoms with E-state index in [9.17, 15) is 9.90 Å². The zero-order valence-corrected chi connectivity index (χ0v) is 12.1. The first-order chi connectivity index (χ1) is 9.49. The molecule has 2 N–H and O–H groups in total. The smallest absolute Gasteiger partial charge is 0.320 e. The van der Waals surface area contributed by atoms with Crippen molar-refractivity contribution in [3.8, 4) is 0 Å². The van der Waals surface area contributed by atoms with E-state index in [-0.39, 0.29) is 6.04 Å². The minimum Gasteiger partial charge on any atom is -0.480 e. The summed E-state index contributed by atoms with van der Waals surface area (Å²) >= 11 is 0. The fraction of sp³-hybridized carbons (Fsp3) is 0.467. The van der Waals surface area contributed by atoms with Gasteiger partial charge >= 0.3 is 5.97 Å². The summed E-state index contributed by atoms with van der Waals surface area (Å²) in [5.74, 6) is 0.112. The molecule has 0 fully saturated rings. The lowest BCUT2D eigenvalue weighted by Gasteiger charge is -2.18. The molecule has 0 radical (unpaired) electrons. The van der Waals surface area contributed by atoms with Gasteiger partial charge in [-0.05, 0) is 25.5 Å². The minimum absolute atomic E-state index is 0.150. The van der Waals surface area contributed by atoms with Crippen molar-refractivity contribution in [3.63, 3.8) is 0 Å². The van der Waals surface area contributed by atoms with Gasteiger partial charge in [-0.15, -0.1) is 0 Å². The van der Waals surface area contributed by atoms with Crippen molar-refractivity contribution in [1.29, 1.82) is 0 Å². The molecule has 2 rings (SSSR count). The number of nitrogens with one attached hydrogen (secondary N) is 1. The maximum Gasteiger partial charge on any atom is 0.320 e. The summed E-state index contributed by atoms with van der Waals surface area (Å²) in [6, 6.07) is 7.54. The van der Waals surface area contributed by atoms with Crippen molar-refractivity contribution in [2.24, 2.45) is 0 Å². The SMILES string of the molecule is Cc1nc2ccccc2n1CCC(NC(C)C)C(=O)O. The molecule has 0 saturated carbocycles. The summed E-state index contributed by atoms with van der Waals surface area (Å²) in [6.45, 7) is 6.50. The van der Waals surface area contributed by atoms with Gasteiger partial charge in [-0.25, -0.2) is 4.98 Å². The Balaban J connectivity index is 2.15. The molecular weight excluding hydrogens is 254 g/mol. The summed E-state index contributed by atoms with van der Waals surface area (Å²) in [6.07, 6.45) is 0.536. The molecule has 108 valence electrons. The largest absolute Gasteiger partial charge is 0.480 e. The fourth-order valence-electron chi connectivity index (χ4n) is 2.42. The van der Waals surface area contributed by atoms with E-state index in [1.165, 1.54) is 0 Å². The van der Waals surface area contributed by atoms with E-state index in [4.69, 9.17) is 0 Å². The Bertz CT molecular complexity index is 604. The summed E-state index contributed by atoms with van der Waals surface area (Å²) < 4.78 is 2.08. The molecule has 1 atom stereocenters. The van der Waals surface area contributed by atoms with Crippen LogP contribution in [0.4, 0.5) is 0 Å². The first kappa shape index (κ1) is 14.5. The number of rotatable bonds is 6. The van der Waals surface area contributed by atoms with Gasteiger partial charge in [0.2, 0.25) is 0 Å². The second kappa shape index (κ2) is 6.05. The molecule has 1 aromatic heterocycles. The van der Waals surface area contributed by atoms with Gasteiger partial charge < -0.3 is 15.0 Å². The van der Waals surface area contributed by atoms with E-state index in [0.29, 0.717) is 13.0 Å². The molecular formula is C15H21N3O2. The lowest BCUT2D eigenvalue weighted by molar-refractivity contribution is -0.139. The van der Waals surface area contributed by atoms with Gasteiger partial charge in [0.05, 0.1) is 11.0 Å². The number of hydrogen-bond donors (Lipinski definition) is 2. The number of carboxylic acid groups (broad SMARTS) is 1. The second-order valence-electron chi connectivity index (χ2n) is 5.30. The van der Waals surface area contributed by atoms with Crippen LogP contribution in [0.25, 0.3) is 11.0 Å². The van der Waals surface area contributed by atoms with Crippen molar-refractivity contribution in [2.75, 3.05) is 0 Å². The third-order valence-corrected chi connectivity index (χ3v) is 3.32. The summed E-state index contributed by atoms with van der Waals surface area (Å²) in [7, 11) is 0. The van der Waals surface area contributed by atoms with E-state index < -0.39 is 12.0 Å². The molecule has 0 aliphatic heterocycles. The van der Waals surface area contributed by atoms with Gasteiger partial charge in [0.1, 0.15) is 11.9 Å². The van der Waals surface area contributed by atoms with Crippen LogP contribution in [0, 0.1) is 6.92 Å². The number of hydrogen-bond acceptors (Lipinski definition) is 3. The van der Waals surface area contributed by atoms with E-state index in [2.05, 4.69) is 14.9 Å². The zero-order chi connectivity index (χ0) is 14.7. The summed E-state index contributed by atoms with van der Waals surface area (Å²) in [5.41, 5.74) is 2.01. The fourth-order valence-corrected chi connectivity index (χ4v) is 2.42. The molecule has 1 heterocycles. The molecule has 1 aromatic carbocycles. The monoisotopic (exact) mass is 275 g/mol. The first-order valence-electron chi connectivity index (χ1n) is 6.89. The molecule has 0 aliphatic rings. The van der Waals surface area contributed by atoms with E-state index in [0.717, 1.165) is 16.9 Å². The standard InChI is InChI=1S/C15H21N3O2/c1-10(2)16-13(15(19)20)8-9-18-11(3)17-12-6-4-5-7-14(12)18/h4-7,10,13,16H,8-9H2,1-3H3,(H,19,20). The molecule has 0 aliphatic carbocycles. The Labute approximate surface area is 118 Å². The third kappa shape index (κ3) is 3.17. The number of fused-ring (bicyclic) bond motifs is 1. The Morgan fingerprint density at radius 2 is 2.10 bits per heavy atom. The minimum atomic E-state index is -0.805. The number of carbonyl (C=O) groups is 1. The molecule has 20 heavy (non-hydrogen) atoms. The number of aliphatic carboxylic acids is 1. The predicted octanol–water partition coefficient (Wildman–Crippen LogP) is 2.19. The van der Waals surface area contributed by atoms with Gasteiger partial charge in [0, 0.05) is 12.6 Å². The maximum atomic E-state index is 11.3. The lowest BCUT2D eigenvalue weighted by Crippen LogP contribution is -2.41. The van der Waals surface area contributed by atoms with E-state index in [1.807, 2.05) is 45.0 Å². The van der Waals surface area contributed by atoms with Crippen molar-refractivity contribution in [2.45, 2.75) is 45.8 Å². The maximum absolute atomic E-state index is 11.3. The van der Waals surface area contributed by atoms with Crippen molar-refractivity contribution in [3.05, 3.63) is 30.1 Å². The highest BCUT2D eigenvalue weighted by molar-refractivity contribution is 5.76. The Kier molecular flexibility index (Phi) is 4.39. The highest BCUT2D eigenvalue weighted by atomic mass is 16.4. The Morgan fingerprint density at radius 3 is 2.75 bits per heavy atom. The zero-order valence-electron chi connectivity index (χ0n) is 12.1. The summed E-state index contributed by atoms with van der Waals surface area (Å²) in [4.78, 5) is 15.7. The first-order valence-corrected chi connectivity index (χ1v) is 6.89. The van der Waals surface area contributed by atoms with Crippen LogP contribution < -0.4 is 5.32 Å². The average molecular weight is 275 g/mol. The number of carboxylic acids is 1. The molecule has 0 spiro atoms. The Morgan fingerprint density at radius 1 is 1.40 bits per heavy atom. The molecule has 0 bridgehead atoms. The van der Waals surface area contributed by atoms with Gasteiger partial charge in [-0.3, -0.25) is 4.79 Å². The quantitative estimate of drug-likeness (QED) is 0.848. The van der Waals surface area contributed by atoms with Crippen LogP contribution >= 0.6 is 0 Å². The molecule has 2 aromatic rings. The van der Waals surface area contributed by atoms with Gasteiger partial charge in [-0.2, -0.15) is 0 Å². The van der Waals surface area contributed by atoms with Crippen LogP contribution in [0.15, 0.2) is 24.3 Å². The van der Waals surface area contributed by atoms with Crippen molar-refractivity contribution in [1.82, 2.24) is 14.9 Å². The number of nitrogens with zero attached hydrogens (tertiary/aromatic N) is 2. The van der Waals surface area contributed by atoms with Gasteiger partial charge in [0.15, 0.2) is 0 Å². The number of para-hydroxylation sites is 2. The molecule has 5 nitrogen and oxygen atoms in total.